The van der Waals surface area contributed by atoms with Crippen molar-refractivity contribution < 1.29 is 5.11 Å². The molecule has 2 aliphatic rings. The summed E-state index contributed by atoms with van der Waals surface area (Å²) in [6.45, 7) is 6.55. The molecule has 2 aliphatic carbocycles. The van der Waals surface area contributed by atoms with E-state index in [-0.39, 0.29) is 6.10 Å². The zero-order valence-electron chi connectivity index (χ0n) is 8.55. The molecule has 0 bridgehead atoms. The van der Waals surface area contributed by atoms with Crippen LogP contribution in [0.25, 0.3) is 0 Å². The number of hydrogen-bond acceptors (Lipinski definition) is 1. The zero-order chi connectivity index (χ0) is 9.47. The normalized spacial score (nSPS) is 45.8. The van der Waals surface area contributed by atoms with Crippen molar-refractivity contribution in [1.82, 2.24) is 0 Å². The Bertz CT molecular complexity index is 221. The topological polar surface area (TPSA) is 20.2 Å². The van der Waals surface area contributed by atoms with E-state index in [0.29, 0.717) is 11.3 Å². The van der Waals surface area contributed by atoms with Crippen molar-refractivity contribution >= 4 is 0 Å². The SMILES string of the molecule is C=C1CCC[C@@]2(C)CCC(O)CC12. The molecule has 0 heterocycles. The molecule has 0 aromatic rings. The van der Waals surface area contributed by atoms with E-state index in [2.05, 4.69) is 13.5 Å². The van der Waals surface area contributed by atoms with Crippen LogP contribution >= 0.6 is 0 Å². The fourth-order valence-corrected chi connectivity index (χ4v) is 3.20. The van der Waals surface area contributed by atoms with Gasteiger partial charge in [-0.3, -0.25) is 0 Å². The molecule has 74 valence electrons. The van der Waals surface area contributed by atoms with Crippen molar-refractivity contribution in [1.29, 1.82) is 0 Å². The minimum atomic E-state index is -0.0621. The van der Waals surface area contributed by atoms with Crippen molar-refractivity contribution in [2.45, 2.75) is 51.6 Å². The molecule has 3 atom stereocenters. The van der Waals surface area contributed by atoms with Gasteiger partial charge in [0.1, 0.15) is 0 Å². The van der Waals surface area contributed by atoms with E-state index in [4.69, 9.17) is 0 Å². The first kappa shape index (κ1) is 9.26. The Morgan fingerprint density at radius 2 is 2.23 bits per heavy atom. The van der Waals surface area contributed by atoms with Gasteiger partial charge >= 0.3 is 0 Å². The lowest BCUT2D eigenvalue weighted by molar-refractivity contribution is 0.0170. The van der Waals surface area contributed by atoms with Crippen LogP contribution in [0.3, 0.4) is 0 Å². The summed E-state index contributed by atoms with van der Waals surface area (Å²) in [5, 5.41) is 9.64. The lowest BCUT2D eigenvalue weighted by Crippen LogP contribution is -2.39. The number of fused-ring (bicyclic) bond motifs is 1. The Hall–Kier alpha value is -0.300. The Balaban J connectivity index is 2.17. The second-order valence-corrected chi connectivity index (χ2v) is 5.15. The Kier molecular flexibility index (Phi) is 2.23. The first-order valence-corrected chi connectivity index (χ1v) is 5.47. The molecule has 0 aromatic heterocycles. The molecule has 2 saturated carbocycles. The highest BCUT2D eigenvalue weighted by atomic mass is 16.3. The molecule has 2 rings (SSSR count). The highest BCUT2D eigenvalue weighted by Gasteiger charge is 2.42. The molecular formula is C12H20O. The third-order valence-corrected chi connectivity index (χ3v) is 4.14. The summed E-state index contributed by atoms with van der Waals surface area (Å²) in [5.74, 6) is 0.602. The molecule has 0 aliphatic heterocycles. The average molecular weight is 180 g/mol. The third-order valence-electron chi connectivity index (χ3n) is 4.14. The summed E-state index contributed by atoms with van der Waals surface area (Å²) < 4.78 is 0. The molecule has 2 fully saturated rings. The zero-order valence-corrected chi connectivity index (χ0v) is 8.55. The van der Waals surface area contributed by atoms with Crippen molar-refractivity contribution in [3.8, 4) is 0 Å². The predicted octanol–water partition coefficient (Wildman–Crippen LogP) is 2.89. The van der Waals surface area contributed by atoms with E-state index >= 15 is 0 Å². The summed E-state index contributed by atoms with van der Waals surface area (Å²) in [6, 6.07) is 0. The van der Waals surface area contributed by atoms with Crippen molar-refractivity contribution in [2.75, 3.05) is 0 Å². The standard InChI is InChI=1S/C12H20O/c1-9-4-3-6-12(2)7-5-10(13)8-11(9)12/h10-11,13H,1,3-8H2,2H3/t10?,11?,12-/m0/s1. The highest BCUT2D eigenvalue weighted by molar-refractivity contribution is 5.12. The van der Waals surface area contributed by atoms with Crippen LogP contribution in [0.4, 0.5) is 0 Å². The second-order valence-electron chi connectivity index (χ2n) is 5.15. The summed E-state index contributed by atoms with van der Waals surface area (Å²) in [4.78, 5) is 0. The molecular weight excluding hydrogens is 160 g/mol. The van der Waals surface area contributed by atoms with Crippen LogP contribution in [0, 0.1) is 11.3 Å². The van der Waals surface area contributed by atoms with Gasteiger partial charge in [-0.15, -0.1) is 0 Å². The molecule has 1 heteroatoms. The molecule has 0 radical (unpaired) electrons. The molecule has 0 saturated heterocycles. The highest BCUT2D eigenvalue weighted by Crippen LogP contribution is 2.51. The van der Waals surface area contributed by atoms with E-state index in [1.165, 1.54) is 31.3 Å². The molecule has 2 unspecified atom stereocenters. The van der Waals surface area contributed by atoms with Crippen LogP contribution in [-0.2, 0) is 0 Å². The largest absolute Gasteiger partial charge is 0.393 e. The van der Waals surface area contributed by atoms with Crippen LogP contribution in [0.5, 0.6) is 0 Å². The minimum Gasteiger partial charge on any atom is -0.393 e. The number of aliphatic hydroxyl groups is 1. The summed E-state index contributed by atoms with van der Waals surface area (Å²) in [6.07, 6.45) is 6.93. The van der Waals surface area contributed by atoms with Gasteiger partial charge in [-0.25, -0.2) is 0 Å². The van der Waals surface area contributed by atoms with Gasteiger partial charge in [0.2, 0.25) is 0 Å². The third kappa shape index (κ3) is 1.54. The fraction of sp³-hybridized carbons (Fsp3) is 0.833. The smallest absolute Gasteiger partial charge is 0.0546 e. The Morgan fingerprint density at radius 3 is 3.00 bits per heavy atom. The van der Waals surface area contributed by atoms with Crippen LogP contribution in [0.1, 0.15) is 45.4 Å². The van der Waals surface area contributed by atoms with E-state index in [1.54, 1.807) is 0 Å². The maximum absolute atomic E-state index is 9.64. The second kappa shape index (κ2) is 3.13. The van der Waals surface area contributed by atoms with Gasteiger partial charge in [0.25, 0.3) is 0 Å². The molecule has 1 N–H and O–H groups in total. The van der Waals surface area contributed by atoms with Gasteiger partial charge in [-0.2, -0.15) is 0 Å². The lowest BCUT2D eigenvalue weighted by Gasteiger charge is -2.47. The molecule has 0 spiro atoms. The van der Waals surface area contributed by atoms with Crippen LogP contribution in [0.15, 0.2) is 12.2 Å². The van der Waals surface area contributed by atoms with Crippen molar-refractivity contribution in [3.63, 3.8) is 0 Å². The van der Waals surface area contributed by atoms with Crippen LogP contribution < -0.4 is 0 Å². The van der Waals surface area contributed by atoms with Gasteiger partial charge in [0, 0.05) is 0 Å². The molecule has 0 aromatic carbocycles. The fourth-order valence-electron chi connectivity index (χ4n) is 3.20. The van der Waals surface area contributed by atoms with E-state index in [1.807, 2.05) is 0 Å². The maximum Gasteiger partial charge on any atom is 0.0546 e. The average Bonchev–Trinajstić information content (AvgIpc) is 2.08. The van der Waals surface area contributed by atoms with Crippen LogP contribution in [-0.4, -0.2) is 11.2 Å². The first-order chi connectivity index (χ1) is 6.12. The maximum atomic E-state index is 9.64. The molecule has 0 amide bonds. The Labute approximate surface area is 80.8 Å². The quantitative estimate of drug-likeness (QED) is 0.568. The number of hydrogen-bond donors (Lipinski definition) is 1. The van der Waals surface area contributed by atoms with E-state index < -0.39 is 0 Å². The van der Waals surface area contributed by atoms with E-state index in [0.717, 1.165) is 12.8 Å². The lowest BCUT2D eigenvalue weighted by atomic mass is 9.58. The summed E-state index contributed by atoms with van der Waals surface area (Å²) in [5.41, 5.74) is 1.86. The van der Waals surface area contributed by atoms with Crippen molar-refractivity contribution in [2.24, 2.45) is 11.3 Å². The Morgan fingerprint density at radius 1 is 1.46 bits per heavy atom. The number of rotatable bonds is 0. The summed E-state index contributed by atoms with van der Waals surface area (Å²) in [7, 11) is 0. The molecule has 13 heavy (non-hydrogen) atoms. The summed E-state index contributed by atoms with van der Waals surface area (Å²) >= 11 is 0. The van der Waals surface area contributed by atoms with E-state index in [9.17, 15) is 5.11 Å². The van der Waals surface area contributed by atoms with Gasteiger partial charge in [0.05, 0.1) is 6.10 Å². The number of allylic oxidation sites excluding steroid dienone is 1. The number of aliphatic hydroxyl groups excluding tert-OH is 1. The van der Waals surface area contributed by atoms with Gasteiger partial charge < -0.3 is 5.11 Å². The van der Waals surface area contributed by atoms with Crippen molar-refractivity contribution in [3.05, 3.63) is 12.2 Å². The van der Waals surface area contributed by atoms with Gasteiger partial charge in [-0.1, -0.05) is 19.1 Å². The van der Waals surface area contributed by atoms with Gasteiger partial charge in [0.15, 0.2) is 0 Å². The predicted molar refractivity (Wildman–Crippen MR) is 54.4 cm³/mol. The van der Waals surface area contributed by atoms with Crippen LogP contribution in [0.2, 0.25) is 0 Å². The molecule has 1 nitrogen and oxygen atoms in total. The van der Waals surface area contributed by atoms with Gasteiger partial charge in [-0.05, 0) is 49.9 Å². The minimum absolute atomic E-state index is 0.0621. The first-order valence-electron chi connectivity index (χ1n) is 5.47. The monoisotopic (exact) mass is 180 g/mol.